The average Bonchev–Trinajstić information content (AvgIpc) is 3.63. The molecule has 3 aromatic rings. The number of thiol groups is 1. The van der Waals surface area contributed by atoms with Gasteiger partial charge in [0.05, 0.1) is 12.4 Å². The summed E-state index contributed by atoms with van der Waals surface area (Å²) >= 11 is 4.04. The molecule has 0 bridgehead atoms. The first kappa shape index (κ1) is 32.0. The minimum absolute atomic E-state index is 0.0306. The number of aromatic nitrogens is 3. The molecule has 12 N–H and O–H groups in total. The van der Waals surface area contributed by atoms with E-state index in [1.165, 1.54) is 12.5 Å². The zero-order valence-corrected chi connectivity index (χ0v) is 23.6. The summed E-state index contributed by atoms with van der Waals surface area (Å²) in [6.45, 7) is 0.202. The molecule has 0 radical (unpaired) electrons. The second-order valence-corrected chi connectivity index (χ2v) is 9.97. The third kappa shape index (κ3) is 9.24. The number of para-hydroxylation sites is 1. The van der Waals surface area contributed by atoms with Crippen LogP contribution in [0.1, 0.15) is 24.1 Å². The van der Waals surface area contributed by atoms with E-state index in [-0.39, 0.29) is 37.5 Å². The van der Waals surface area contributed by atoms with E-state index >= 15 is 0 Å². The fourth-order valence-electron chi connectivity index (χ4n) is 4.22. The maximum absolute atomic E-state index is 13.5. The van der Waals surface area contributed by atoms with Crippen molar-refractivity contribution in [2.45, 2.75) is 49.9 Å². The molecule has 0 saturated heterocycles. The number of nitrogens with zero attached hydrogens (tertiary/aromatic N) is 2. The van der Waals surface area contributed by atoms with E-state index in [0.717, 1.165) is 16.5 Å². The molecule has 2 heterocycles. The average molecular weight is 601 g/mol. The van der Waals surface area contributed by atoms with Crippen molar-refractivity contribution >= 4 is 53.2 Å². The number of hydrogen-bond acceptors (Lipinski definition) is 8. The normalized spacial score (nSPS) is 13.9. The highest BCUT2D eigenvalue weighted by Gasteiger charge is 2.31. The summed E-state index contributed by atoms with van der Waals surface area (Å²) in [6, 6.07) is 2.87. The second kappa shape index (κ2) is 15.4. The van der Waals surface area contributed by atoms with Gasteiger partial charge in [0.25, 0.3) is 0 Å². The number of aromatic amines is 2. The van der Waals surface area contributed by atoms with Crippen molar-refractivity contribution in [1.82, 2.24) is 30.9 Å². The van der Waals surface area contributed by atoms with Gasteiger partial charge in [-0.3, -0.25) is 19.4 Å². The number of carboxylic acid groups (broad SMARTS) is 1. The number of nitrogens with one attached hydrogen (secondary N) is 5. The summed E-state index contributed by atoms with van der Waals surface area (Å²) in [6.07, 6.45) is 5.01. The fraction of sp³-hybridized carbons (Fsp3) is 0.385. The number of benzene rings is 1. The van der Waals surface area contributed by atoms with Crippen molar-refractivity contribution in [3.8, 4) is 0 Å². The molecule has 0 saturated carbocycles. The number of guanidine groups is 1. The van der Waals surface area contributed by atoms with Crippen LogP contribution in [0.5, 0.6) is 0 Å². The number of nitrogens with two attached hydrogens (primary N) is 3. The monoisotopic (exact) mass is 600 g/mol. The first-order valence-corrected chi connectivity index (χ1v) is 13.8. The number of carboxylic acids is 1. The third-order valence-electron chi connectivity index (χ3n) is 6.44. The summed E-state index contributed by atoms with van der Waals surface area (Å²) in [5, 5.41) is 18.4. The van der Waals surface area contributed by atoms with E-state index in [1.54, 1.807) is 6.20 Å². The Hall–Kier alpha value is -4.57. The summed E-state index contributed by atoms with van der Waals surface area (Å²) in [7, 11) is 0. The molecule has 226 valence electrons. The topological polar surface area (TPSA) is 259 Å². The van der Waals surface area contributed by atoms with Crippen molar-refractivity contribution in [2.24, 2.45) is 22.2 Å². The Kier molecular flexibility index (Phi) is 11.7. The summed E-state index contributed by atoms with van der Waals surface area (Å²) in [5.74, 6) is -3.32. The number of hydrogen-bond donors (Lipinski definition) is 10. The number of aliphatic imine (C=N–C) groups is 1. The van der Waals surface area contributed by atoms with Gasteiger partial charge in [-0.15, -0.1) is 0 Å². The van der Waals surface area contributed by atoms with Gasteiger partial charge < -0.3 is 48.2 Å². The molecule has 0 fully saturated rings. The van der Waals surface area contributed by atoms with Crippen molar-refractivity contribution in [1.29, 1.82) is 0 Å². The minimum Gasteiger partial charge on any atom is -0.480 e. The molecule has 4 unspecified atom stereocenters. The van der Waals surface area contributed by atoms with Crippen LogP contribution < -0.4 is 33.2 Å². The van der Waals surface area contributed by atoms with E-state index in [4.69, 9.17) is 17.2 Å². The minimum atomic E-state index is -1.30. The Balaban J connectivity index is 1.85. The van der Waals surface area contributed by atoms with Crippen LogP contribution in [0.3, 0.4) is 0 Å². The van der Waals surface area contributed by atoms with Crippen LogP contribution in [0, 0.1) is 0 Å². The van der Waals surface area contributed by atoms with Crippen molar-refractivity contribution in [2.75, 3.05) is 12.3 Å². The highest BCUT2D eigenvalue weighted by atomic mass is 32.1. The molecule has 3 amide bonds. The van der Waals surface area contributed by atoms with Crippen LogP contribution in [-0.4, -0.2) is 86.2 Å². The highest BCUT2D eigenvalue weighted by molar-refractivity contribution is 7.80. The molecule has 16 heteroatoms. The lowest BCUT2D eigenvalue weighted by molar-refractivity contribution is -0.142. The molecule has 15 nitrogen and oxygen atoms in total. The summed E-state index contributed by atoms with van der Waals surface area (Å²) in [4.78, 5) is 65.3. The van der Waals surface area contributed by atoms with Gasteiger partial charge in [-0.1, -0.05) is 18.2 Å². The summed E-state index contributed by atoms with van der Waals surface area (Å²) in [5.41, 5.74) is 18.6. The maximum Gasteiger partial charge on any atom is 0.326 e. The first-order chi connectivity index (χ1) is 20.1. The molecule has 42 heavy (non-hydrogen) atoms. The molecule has 0 aliphatic heterocycles. The lowest BCUT2D eigenvalue weighted by Crippen LogP contribution is -2.58. The molecule has 1 aromatic carbocycles. The van der Waals surface area contributed by atoms with Gasteiger partial charge in [0.1, 0.15) is 18.1 Å². The highest BCUT2D eigenvalue weighted by Crippen LogP contribution is 2.19. The van der Waals surface area contributed by atoms with Gasteiger partial charge >= 0.3 is 5.97 Å². The fourth-order valence-corrected chi connectivity index (χ4v) is 4.39. The number of rotatable bonds is 16. The van der Waals surface area contributed by atoms with Crippen molar-refractivity contribution < 1.29 is 24.3 Å². The van der Waals surface area contributed by atoms with Gasteiger partial charge in [0, 0.05) is 54.1 Å². The Morgan fingerprint density at radius 2 is 1.67 bits per heavy atom. The maximum atomic E-state index is 13.5. The van der Waals surface area contributed by atoms with Gasteiger partial charge in [-0.2, -0.15) is 12.6 Å². The molecule has 3 rings (SSSR count). The van der Waals surface area contributed by atoms with Crippen LogP contribution in [0.2, 0.25) is 0 Å². The van der Waals surface area contributed by atoms with Crippen LogP contribution in [-0.2, 0) is 32.0 Å². The van der Waals surface area contributed by atoms with E-state index < -0.39 is 47.9 Å². The van der Waals surface area contributed by atoms with E-state index in [2.05, 4.69) is 48.5 Å². The zero-order chi connectivity index (χ0) is 30.6. The Bertz CT molecular complexity index is 1390. The number of fused-ring (bicyclic) bond motifs is 1. The van der Waals surface area contributed by atoms with Crippen LogP contribution in [0.15, 0.2) is 48.0 Å². The zero-order valence-electron chi connectivity index (χ0n) is 22.7. The van der Waals surface area contributed by atoms with Crippen molar-refractivity contribution in [3.63, 3.8) is 0 Å². The standard InChI is InChI=1S/C26H36N10O5S/c27-17(12-42)22(37)34-19(6-3-7-31-26(28)29)23(38)35-20(8-14-10-32-18-5-2-1-4-16(14)18)24(39)36-21(25(40)41)9-15-11-30-13-33-15/h1-2,4-5,10-11,13,17,19-21,32,42H,3,6-9,12,27H2,(H,30,33)(H,34,37)(H,35,38)(H,36,39)(H,40,41)(H4,28,29,31). The molecule has 2 aromatic heterocycles. The molecular weight excluding hydrogens is 564 g/mol. The van der Waals surface area contributed by atoms with Gasteiger partial charge in [0.2, 0.25) is 17.7 Å². The number of amides is 3. The van der Waals surface area contributed by atoms with E-state index in [1.807, 2.05) is 24.3 Å². The lowest BCUT2D eigenvalue weighted by Gasteiger charge is -2.25. The Morgan fingerprint density at radius 1 is 0.976 bits per heavy atom. The number of carbonyl (C=O) groups excluding carboxylic acids is 3. The van der Waals surface area contributed by atoms with Gasteiger partial charge in [0.15, 0.2) is 5.96 Å². The summed E-state index contributed by atoms with van der Waals surface area (Å²) < 4.78 is 0. The quantitative estimate of drug-likeness (QED) is 0.0397. The number of carbonyl (C=O) groups is 4. The number of H-pyrrole nitrogens is 2. The van der Waals surface area contributed by atoms with Gasteiger partial charge in [-0.05, 0) is 24.5 Å². The smallest absolute Gasteiger partial charge is 0.326 e. The predicted molar refractivity (Wildman–Crippen MR) is 159 cm³/mol. The molecule has 4 atom stereocenters. The van der Waals surface area contributed by atoms with E-state index in [9.17, 15) is 24.3 Å². The van der Waals surface area contributed by atoms with Crippen LogP contribution in [0.4, 0.5) is 0 Å². The lowest BCUT2D eigenvalue weighted by atomic mass is 10.0. The van der Waals surface area contributed by atoms with Crippen molar-refractivity contribution in [3.05, 3.63) is 54.2 Å². The third-order valence-corrected chi connectivity index (χ3v) is 6.83. The van der Waals surface area contributed by atoms with Crippen LogP contribution in [0.25, 0.3) is 10.9 Å². The van der Waals surface area contributed by atoms with Crippen LogP contribution >= 0.6 is 12.6 Å². The Labute approximate surface area is 246 Å². The first-order valence-electron chi connectivity index (χ1n) is 13.2. The predicted octanol–water partition coefficient (Wildman–Crippen LogP) is -1.47. The number of imidazole rings is 1. The van der Waals surface area contributed by atoms with Gasteiger partial charge in [-0.25, -0.2) is 9.78 Å². The molecule has 0 aliphatic carbocycles. The molecule has 0 aliphatic rings. The SMILES string of the molecule is NC(N)=NCCCC(NC(=O)C(N)CS)C(=O)NC(Cc1c[nH]c2ccccc12)C(=O)NC(Cc1cnc[nH]1)C(=O)O. The second-order valence-electron chi connectivity index (χ2n) is 9.60. The number of aliphatic carboxylic acids is 1. The van der Waals surface area contributed by atoms with E-state index in [0.29, 0.717) is 12.1 Å². The largest absolute Gasteiger partial charge is 0.480 e. The Morgan fingerprint density at radius 3 is 2.33 bits per heavy atom. The molecular formula is C26H36N10O5S. The molecule has 0 spiro atoms.